The van der Waals surface area contributed by atoms with Gasteiger partial charge in [-0.25, -0.2) is 0 Å². The van der Waals surface area contributed by atoms with Crippen molar-refractivity contribution in [1.29, 1.82) is 0 Å². The second-order valence-corrected chi connectivity index (χ2v) is 5.10. The summed E-state index contributed by atoms with van der Waals surface area (Å²) in [6, 6.07) is 5.33. The average Bonchev–Trinajstić information content (AvgIpc) is 2.73. The second kappa shape index (κ2) is 4.92. The fraction of sp³-hybridized carbons (Fsp3) is 0.571. The van der Waals surface area contributed by atoms with Crippen LogP contribution in [0.4, 0.5) is 13.2 Å². The Morgan fingerprint density at radius 1 is 1.22 bits per heavy atom. The van der Waals surface area contributed by atoms with Gasteiger partial charge >= 0.3 is 6.18 Å². The Labute approximate surface area is 105 Å². The lowest BCUT2D eigenvalue weighted by Crippen LogP contribution is -2.19. The van der Waals surface area contributed by atoms with Crippen molar-refractivity contribution in [3.63, 3.8) is 0 Å². The van der Waals surface area contributed by atoms with Crippen molar-refractivity contribution in [2.45, 2.75) is 38.5 Å². The lowest BCUT2D eigenvalue weighted by Gasteiger charge is -2.25. The number of halogens is 3. The van der Waals surface area contributed by atoms with Crippen LogP contribution in [0.1, 0.15) is 43.4 Å². The van der Waals surface area contributed by atoms with E-state index in [4.69, 9.17) is 0 Å². The van der Waals surface area contributed by atoms with Crippen LogP contribution in [-0.2, 0) is 6.18 Å². The van der Waals surface area contributed by atoms with Crippen LogP contribution >= 0.6 is 0 Å². The van der Waals surface area contributed by atoms with Crippen molar-refractivity contribution in [1.82, 2.24) is 0 Å². The molecule has 0 radical (unpaired) electrons. The molecule has 1 saturated carbocycles. The van der Waals surface area contributed by atoms with E-state index in [1.165, 1.54) is 12.1 Å². The molecule has 1 aliphatic carbocycles. The van der Waals surface area contributed by atoms with Crippen molar-refractivity contribution >= 4 is 0 Å². The Hall–Kier alpha value is -1.03. The van der Waals surface area contributed by atoms with Gasteiger partial charge in [0.25, 0.3) is 0 Å². The van der Waals surface area contributed by atoms with E-state index in [1.807, 2.05) is 6.92 Å². The molecule has 0 aliphatic heterocycles. The molecule has 1 fully saturated rings. The fourth-order valence-electron chi connectivity index (χ4n) is 2.89. The summed E-state index contributed by atoms with van der Waals surface area (Å²) >= 11 is 0. The molecule has 0 aromatic heterocycles. The molecule has 4 heteroatoms. The van der Waals surface area contributed by atoms with E-state index in [0.29, 0.717) is 0 Å². The molecule has 1 aromatic rings. The summed E-state index contributed by atoms with van der Waals surface area (Å²) in [5.74, 6) is 0.217. The summed E-state index contributed by atoms with van der Waals surface area (Å²) in [4.78, 5) is 0. The van der Waals surface area contributed by atoms with Gasteiger partial charge in [0.15, 0.2) is 0 Å². The summed E-state index contributed by atoms with van der Waals surface area (Å²) < 4.78 is 38.6. The maximum atomic E-state index is 12.9. The highest BCUT2D eigenvalue weighted by Gasteiger charge is 2.38. The van der Waals surface area contributed by atoms with Crippen LogP contribution in [0.15, 0.2) is 24.3 Å². The molecule has 2 rings (SSSR count). The first kappa shape index (κ1) is 13.4. The second-order valence-electron chi connectivity index (χ2n) is 5.10. The van der Waals surface area contributed by atoms with Gasteiger partial charge in [0.1, 0.15) is 0 Å². The molecule has 3 unspecified atom stereocenters. The Bertz CT molecular complexity index is 414. The van der Waals surface area contributed by atoms with Crippen molar-refractivity contribution in [2.24, 2.45) is 11.8 Å². The smallest absolute Gasteiger partial charge is 0.388 e. The molecular formula is C14H17F3O. The molecule has 1 aromatic carbocycles. The van der Waals surface area contributed by atoms with Crippen LogP contribution in [0, 0.1) is 11.8 Å². The highest BCUT2D eigenvalue weighted by molar-refractivity contribution is 5.32. The molecule has 100 valence electrons. The molecule has 0 saturated heterocycles. The fourth-order valence-corrected chi connectivity index (χ4v) is 2.89. The minimum atomic E-state index is -4.40. The molecule has 1 N–H and O–H groups in total. The predicted molar refractivity (Wildman–Crippen MR) is 62.9 cm³/mol. The van der Waals surface area contributed by atoms with Crippen molar-refractivity contribution in [3.8, 4) is 0 Å². The summed E-state index contributed by atoms with van der Waals surface area (Å²) in [6.45, 7) is 2.00. The number of aliphatic hydroxyl groups excluding tert-OH is 1. The van der Waals surface area contributed by atoms with Crippen molar-refractivity contribution in [3.05, 3.63) is 35.4 Å². The van der Waals surface area contributed by atoms with Gasteiger partial charge in [-0.2, -0.15) is 13.2 Å². The predicted octanol–water partition coefficient (Wildman–Crippen LogP) is 4.18. The number of hydrogen-bond acceptors (Lipinski definition) is 1. The van der Waals surface area contributed by atoms with Crippen LogP contribution in [-0.4, -0.2) is 5.11 Å². The maximum Gasteiger partial charge on any atom is 0.416 e. The molecule has 3 atom stereocenters. The minimum absolute atomic E-state index is 0.0174. The van der Waals surface area contributed by atoms with Gasteiger partial charge in [0.05, 0.1) is 11.7 Å². The maximum absolute atomic E-state index is 12.9. The van der Waals surface area contributed by atoms with Gasteiger partial charge in [0.2, 0.25) is 0 Å². The van der Waals surface area contributed by atoms with Crippen LogP contribution < -0.4 is 0 Å². The molecular weight excluding hydrogens is 241 g/mol. The zero-order valence-corrected chi connectivity index (χ0v) is 10.2. The van der Waals surface area contributed by atoms with Crippen LogP contribution in [0.3, 0.4) is 0 Å². The number of benzene rings is 1. The SMILES string of the molecule is CC1CCCC1C(O)c1ccccc1C(F)(F)F. The van der Waals surface area contributed by atoms with Crippen molar-refractivity contribution in [2.75, 3.05) is 0 Å². The van der Waals surface area contributed by atoms with E-state index in [0.717, 1.165) is 25.3 Å². The van der Waals surface area contributed by atoms with Gasteiger partial charge in [-0.05, 0) is 29.9 Å². The number of aliphatic hydroxyl groups is 1. The first-order valence-corrected chi connectivity index (χ1v) is 6.25. The molecule has 0 spiro atoms. The first-order valence-electron chi connectivity index (χ1n) is 6.25. The van der Waals surface area contributed by atoms with Crippen LogP contribution in [0.5, 0.6) is 0 Å². The number of rotatable bonds is 2. The quantitative estimate of drug-likeness (QED) is 0.843. The number of hydrogen-bond donors (Lipinski definition) is 1. The van der Waals surface area contributed by atoms with Gasteiger partial charge in [-0.15, -0.1) is 0 Å². The Kier molecular flexibility index (Phi) is 3.66. The molecule has 0 bridgehead atoms. The monoisotopic (exact) mass is 258 g/mol. The largest absolute Gasteiger partial charge is 0.416 e. The summed E-state index contributed by atoms with van der Waals surface area (Å²) in [6.07, 6.45) is -2.65. The highest BCUT2D eigenvalue weighted by Crippen LogP contribution is 2.43. The third kappa shape index (κ3) is 2.53. The van der Waals surface area contributed by atoms with Gasteiger partial charge in [0, 0.05) is 0 Å². The van der Waals surface area contributed by atoms with Gasteiger partial charge < -0.3 is 5.11 Å². The van der Waals surface area contributed by atoms with E-state index in [9.17, 15) is 18.3 Å². The Morgan fingerprint density at radius 3 is 2.44 bits per heavy atom. The Balaban J connectivity index is 2.33. The van der Waals surface area contributed by atoms with E-state index in [1.54, 1.807) is 6.07 Å². The van der Waals surface area contributed by atoms with E-state index in [2.05, 4.69) is 0 Å². The lowest BCUT2D eigenvalue weighted by molar-refractivity contribution is -0.139. The summed E-state index contributed by atoms with van der Waals surface area (Å²) in [7, 11) is 0. The molecule has 1 aliphatic rings. The zero-order chi connectivity index (χ0) is 13.3. The average molecular weight is 258 g/mol. The lowest BCUT2D eigenvalue weighted by atomic mass is 9.86. The minimum Gasteiger partial charge on any atom is -0.388 e. The van der Waals surface area contributed by atoms with E-state index >= 15 is 0 Å². The normalized spacial score (nSPS) is 26.3. The molecule has 0 amide bonds. The number of alkyl halides is 3. The zero-order valence-electron chi connectivity index (χ0n) is 10.2. The third-order valence-corrected chi connectivity index (χ3v) is 3.92. The van der Waals surface area contributed by atoms with Crippen molar-refractivity contribution < 1.29 is 18.3 Å². The summed E-state index contributed by atoms with van der Waals surface area (Å²) in [5, 5.41) is 10.2. The van der Waals surface area contributed by atoms with E-state index < -0.39 is 17.8 Å². The highest BCUT2D eigenvalue weighted by atomic mass is 19.4. The van der Waals surface area contributed by atoms with Crippen LogP contribution in [0.2, 0.25) is 0 Å². The standard InChI is InChI=1S/C14H17F3O/c1-9-5-4-7-10(9)13(18)11-6-2-3-8-12(11)14(15,16)17/h2-3,6,8-10,13,18H,4-5,7H2,1H3. The molecule has 0 heterocycles. The summed E-state index contributed by atoms with van der Waals surface area (Å²) in [5.41, 5.74) is -0.694. The first-order chi connectivity index (χ1) is 8.41. The van der Waals surface area contributed by atoms with Gasteiger partial charge in [-0.3, -0.25) is 0 Å². The van der Waals surface area contributed by atoms with Gasteiger partial charge in [-0.1, -0.05) is 38.0 Å². The molecule has 1 nitrogen and oxygen atoms in total. The topological polar surface area (TPSA) is 20.2 Å². The van der Waals surface area contributed by atoms with E-state index in [-0.39, 0.29) is 17.4 Å². The van der Waals surface area contributed by atoms with Crippen LogP contribution in [0.25, 0.3) is 0 Å². The molecule has 18 heavy (non-hydrogen) atoms. The third-order valence-electron chi connectivity index (χ3n) is 3.92. The Morgan fingerprint density at radius 2 is 1.89 bits per heavy atom.